The second kappa shape index (κ2) is 6.39. The molecule has 1 spiro atoms. The Morgan fingerprint density at radius 2 is 2.07 bits per heavy atom. The molecule has 2 heterocycles. The molecule has 0 bridgehead atoms. The number of hydrogen-bond acceptors (Lipinski definition) is 6. The predicted octanol–water partition coefficient (Wildman–Crippen LogP) is 2.61. The maximum Gasteiger partial charge on any atom is 0.264 e. The van der Waals surface area contributed by atoms with Crippen LogP contribution in [-0.2, 0) is 0 Å². The zero-order valence-electron chi connectivity index (χ0n) is 15.1. The van der Waals surface area contributed by atoms with Crippen LogP contribution in [0.2, 0.25) is 0 Å². The van der Waals surface area contributed by atoms with Crippen molar-refractivity contribution in [3.63, 3.8) is 0 Å². The van der Waals surface area contributed by atoms with E-state index in [-0.39, 0.29) is 11.4 Å². The van der Waals surface area contributed by atoms with E-state index in [1.165, 1.54) is 12.1 Å². The van der Waals surface area contributed by atoms with Crippen LogP contribution in [0.3, 0.4) is 0 Å². The third kappa shape index (κ3) is 2.86. The Bertz CT molecular complexity index is 934. The van der Waals surface area contributed by atoms with Crippen molar-refractivity contribution in [3.8, 4) is 17.7 Å². The quantitative estimate of drug-likeness (QED) is 0.845. The van der Waals surface area contributed by atoms with Gasteiger partial charge in [-0.05, 0) is 50.8 Å². The van der Waals surface area contributed by atoms with Crippen LogP contribution in [0.25, 0.3) is 0 Å². The molecule has 7 nitrogen and oxygen atoms in total. The van der Waals surface area contributed by atoms with Crippen LogP contribution >= 0.6 is 0 Å². The third-order valence-corrected chi connectivity index (χ3v) is 5.71. The van der Waals surface area contributed by atoms with Crippen molar-refractivity contribution in [2.24, 2.45) is 0 Å². The molecule has 1 aromatic carbocycles. The van der Waals surface area contributed by atoms with Crippen molar-refractivity contribution in [2.45, 2.75) is 56.3 Å². The minimum Gasteiger partial charge on any atom is -0.484 e. The van der Waals surface area contributed by atoms with Crippen LogP contribution in [0.1, 0.15) is 56.3 Å². The normalized spacial score (nSPS) is 25.9. The zero-order chi connectivity index (χ0) is 19.1. The Hall–Kier alpha value is -2.85. The number of aliphatic hydroxyl groups is 1. The second-order valence-corrected chi connectivity index (χ2v) is 7.43. The molecule has 0 radical (unpaired) electrons. The summed E-state index contributed by atoms with van der Waals surface area (Å²) in [5, 5.41) is 27.1. The summed E-state index contributed by atoms with van der Waals surface area (Å²) in [7, 11) is 0. The second-order valence-electron chi connectivity index (χ2n) is 7.43. The van der Waals surface area contributed by atoms with Crippen LogP contribution in [-0.4, -0.2) is 26.5 Å². The highest BCUT2D eigenvalue weighted by Crippen LogP contribution is 2.53. The van der Waals surface area contributed by atoms with Gasteiger partial charge < -0.3 is 14.6 Å². The summed E-state index contributed by atoms with van der Waals surface area (Å²) in [5.41, 5.74) is -1.39. The number of nitrogens with zero attached hydrogens (tertiary/aromatic N) is 2. The van der Waals surface area contributed by atoms with E-state index in [1.54, 1.807) is 25.1 Å². The first-order chi connectivity index (χ1) is 12.9. The first-order valence-corrected chi connectivity index (χ1v) is 9.13. The molecular weight excluding hydrogens is 346 g/mol. The number of H-pyrrole nitrogens is 1. The number of hydrogen-bond donors (Lipinski definition) is 2. The molecule has 1 fully saturated rings. The van der Waals surface area contributed by atoms with E-state index in [0.717, 1.165) is 32.1 Å². The highest BCUT2D eigenvalue weighted by Gasteiger charge is 2.59. The maximum atomic E-state index is 11.6. The molecule has 1 saturated carbocycles. The Morgan fingerprint density at radius 1 is 1.30 bits per heavy atom. The van der Waals surface area contributed by atoms with Crippen LogP contribution in [0.4, 0.5) is 0 Å². The van der Waals surface area contributed by atoms with Crippen molar-refractivity contribution in [3.05, 3.63) is 51.8 Å². The molecule has 2 aliphatic rings. The predicted molar refractivity (Wildman–Crippen MR) is 96.5 cm³/mol. The van der Waals surface area contributed by atoms with Gasteiger partial charge in [-0.15, -0.1) is 5.10 Å². The summed E-state index contributed by atoms with van der Waals surface area (Å²) in [6, 6.07) is 10.0. The summed E-state index contributed by atoms with van der Waals surface area (Å²) in [6.07, 6.45) is 3.69. The number of rotatable bonds is 2. The van der Waals surface area contributed by atoms with Gasteiger partial charge in [-0.3, -0.25) is 4.79 Å². The lowest BCUT2D eigenvalue weighted by molar-refractivity contribution is -0.202. The number of nitriles is 1. The smallest absolute Gasteiger partial charge is 0.264 e. The first-order valence-electron chi connectivity index (χ1n) is 9.13. The van der Waals surface area contributed by atoms with Crippen molar-refractivity contribution in [1.82, 2.24) is 10.2 Å². The molecule has 2 atom stereocenters. The average Bonchev–Trinajstić information content (AvgIpc) is 2.68. The molecule has 2 N–H and O–H groups in total. The van der Waals surface area contributed by atoms with E-state index in [0.29, 0.717) is 16.9 Å². The van der Waals surface area contributed by atoms with E-state index in [2.05, 4.69) is 16.3 Å². The van der Waals surface area contributed by atoms with Crippen LogP contribution in [0.5, 0.6) is 11.6 Å². The van der Waals surface area contributed by atoms with Crippen molar-refractivity contribution >= 4 is 0 Å². The third-order valence-electron chi connectivity index (χ3n) is 5.71. The molecule has 4 rings (SSSR count). The fraction of sp³-hybridized carbons (Fsp3) is 0.450. The minimum atomic E-state index is -1.34. The molecule has 1 aliphatic heterocycles. The SMILES string of the molecule is C[C@]1(O)[C@H](Oc2ccc(=O)[nH]n2)c2cc(C#N)ccc2OC12CCCCC2. The molecule has 1 aromatic heterocycles. The van der Waals surface area contributed by atoms with E-state index in [1.807, 2.05) is 0 Å². The molecule has 140 valence electrons. The molecule has 0 unspecified atom stereocenters. The first kappa shape index (κ1) is 17.6. The monoisotopic (exact) mass is 367 g/mol. The topological polar surface area (TPSA) is 108 Å². The Morgan fingerprint density at radius 3 is 2.74 bits per heavy atom. The van der Waals surface area contributed by atoms with Crippen molar-refractivity contribution in [2.75, 3.05) is 0 Å². The highest BCUT2D eigenvalue weighted by atomic mass is 16.6. The van der Waals surface area contributed by atoms with Crippen molar-refractivity contribution in [1.29, 1.82) is 5.26 Å². The Labute approximate surface area is 156 Å². The van der Waals surface area contributed by atoms with Gasteiger partial charge in [0.2, 0.25) is 5.88 Å². The lowest BCUT2D eigenvalue weighted by atomic mass is 9.67. The largest absolute Gasteiger partial charge is 0.484 e. The van der Waals surface area contributed by atoms with E-state index in [9.17, 15) is 15.2 Å². The van der Waals surface area contributed by atoms with E-state index in [4.69, 9.17) is 9.47 Å². The van der Waals surface area contributed by atoms with Gasteiger partial charge in [0.25, 0.3) is 5.56 Å². The molecule has 2 aromatic rings. The maximum absolute atomic E-state index is 11.6. The zero-order valence-corrected chi connectivity index (χ0v) is 15.1. The number of fused-ring (bicyclic) bond motifs is 1. The summed E-state index contributed by atoms with van der Waals surface area (Å²) < 4.78 is 12.4. The molecule has 27 heavy (non-hydrogen) atoms. The summed E-state index contributed by atoms with van der Waals surface area (Å²) in [6.45, 7) is 1.72. The van der Waals surface area contributed by atoms with Gasteiger partial charge in [-0.25, -0.2) is 5.10 Å². The average molecular weight is 367 g/mol. The fourth-order valence-electron chi connectivity index (χ4n) is 4.20. The number of ether oxygens (including phenoxy) is 2. The summed E-state index contributed by atoms with van der Waals surface area (Å²) in [5.74, 6) is 0.804. The number of nitrogens with one attached hydrogen (secondary N) is 1. The van der Waals surface area contributed by atoms with Crippen LogP contribution in [0, 0.1) is 11.3 Å². The molecule has 0 saturated heterocycles. The van der Waals surface area contributed by atoms with Gasteiger partial charge in [-0.1, -0.05) is 6.42 Å². The number of benzene rings is 1. The van der Waals surface area contributed by atoms with Gasteiger partial charge in [0, 0.05) is 17.7 Å². The highest BCUT2D eigenvalue weighted by molar-refractivity contribution is 5.47. The van der Waals surface area contributed by atoms with E-state index < -0.39 is 17.3 Å². The van der Waals surface area contributed by atoms with Gasteiger partial charge in [0.15, 0.2) is 6.10 Å². The van der Waals surface area contributed by atoms with Crippen LogP contribution < -0.4 is 15.0 Å². The lowest BCUT2D eigenvalue weighted by Gasteiger charge is -2.53. The van der Waals surface area contributed by atoms with Gasteiger partial charge in [0.05, 0.1) is 11.6 Å². The summed E-state index contributed by atoms with van der Waals surface area (Å²) in [4.78, 5) is 11.3. The van der Waals surface area contributed by atoms with Crippen molar-refractivity contribution < 1.29 is 14.6 Å². The van der Waals surface area contributed by atoms with Gasteiger partial charge in [-0.2, -0.15) is 5.26 Å². The lowest BCUT2D eigenvalue weighted by Crippen LogP contribution is -2.63. The van der Waals surface area contributed by atoms with Gasteiger partial charge >= 0.3 is 0 Å². The molecule has 0 amide bonds. The Balaban J connectivity index is 1.83. The molecule has 1 aliphatic carbocycles. The number of aromatic amines is 1. The fourth-order valence-corrected chi connectivity index (χ4v) is 4.20. The minimum absolute atomic E-state index is 0.195. The standard InChI is InChI=1S/C20H21N3O4/c1-19(25)18(26-17-8-7-16(24)22-23-17)14-11-13(12-21)5-6-15(14)27-20(19)9-3-2-4-10-20/h5-8,11,18,25H,2-4,9-10H2,1H3,(H,22,24)/t18-,19+/m1/s1. The van der Waals surface area contributed by atoms with Gasteiger partial charge in [0.1, 0.15) is 17.0 Å². The van der Waals surface area contributed by atoms with Crippen LogP contribution in [0.15, 0.2) is 35.1 Å². The summed E-state index contributed by atoms with van der Waals surface area (Å²) >= 11 is 0. The number of aromatic nitrogens is 2. The Kier molecular flexibility index (Phi) is 4.16. The molecule has 7 heteroatoms. The van der Waals surface area contributed by atoms with E-state index >= 15 is 0 Å². The molecular formula is C20H21N3O4.